The van der Waals surface area contributed by atoms with Crippen molar-refractivity contribution in [2.24, 2.45) is 5.10 Å². The number of carbonyl (C=O) groups excluding carboxylic acids is 1. The van der Waals surface area contributed by atoms with E-state index in [-0.39, 0.29) is 12.3 Å². The third-order valence-electron chi connectivity index (χ3n) is 3.91. The minimum absolute atomic E-state index is 0.189. The van der Waals surface area contributed by atoms with Gasteiger partial charge in [-0.25, -0.2) is 5.43 Å². The molecule has 0 spiro atoms. The highest BCUT2D eigenvalue weighted by Crippen LogP contribution is 2.21. The van der Waals surface area contributed by atoms with Crippen LogP contribution in [0, 0.1) is 0 Å². The fourth-order valence-electron chi connectivity index (χ4n) is 2.69. The van der Waals surface area contributed by atoms with Gasteiger partial charge < -0.3 is 14.1 Å². The van der Waals surface area contributed by atoms with E-state index >= 15 is 0 Å². The Morgan fingerprint density at radius 3 is 2.96 bits per heavy atom. The van der Waals surface area contributed by atoms with Crippen LogP contribution in [0.15, 0.2) is 45.9 Å². The summed E-state index contributed by atoms with van der Waals surface area (Å²) in [5, 5.41) is 3.95. The molecule has 6 heteroatoms. The summed E-state index contributed by atoms with van der Waals surface area (Å²) in [5.74, 6) is 2.02. The molecule has 0 unspecified atom stereocenters. The van der Waals surface area contributed by atoms with Gasteiger partial charge in [0.25, 0.3) is 0 Å². The molecule has 1 fully saturated rings. The molecule has 1 aliphatic heterocycles. The number of nitrogens with one attached hydrogen (secondary N) is 1. The van der Waals surface area contributed by atoms with Gasteiger partial charge in [-0.1, -0.05) is 12.1 Å². The van der Waals surface area contributed by atoms with Gasteiger partial charge in [-0.2, -0.15) is 5.10 Å². The van der Waals surface area contributed by atoms with Crippen molar-refractivity contribution in [3.8, 4) is 5.75 Å². The average Bonchev–Trinajstić information content (AvgIpc) is 3.26. The van der Waals surface area contributed by atoms with Crippen LogP contribution in [0.3, 0.4) is 0 Å². The number of hydrazone groups is 1. The van der Waals surface area contributed by atoms with Crippen LogP contribution < -0.4 is 15.1 Å². The van der Waals surface area contributed by atoms with E-state index < -0.39 is 0 Å². The molecule has 24 heavy (non-hydrogen) atoms. The van der Waals surface area contributed by atoms with E-state index in [1.165, 1.54) is 19.1 Å². The van der Waals surface area contributed by atoms with Crippen LogP contribution in [0.5, 0.6) is 5.75 Å². The monoisotopic (exact) mass is 327 g/mol. The van der Waals surface area contributed by atoms with Gasteiger partial charge >= 0.3 is 0 Å². The summed E-state index contributed by atoms with van der Waals surface area (Å²) in [6.07, 6.45) is 4.16. The molecule has 2 aromatic rings. The Balaban J connectivity index is 1.51. The fourth-order valence-corrected chi connectivity index (χ4v) is 2.69. The van der Waals surface area contributed by atoms with Gasteiger partial charge in [-0.05, 0) is 36.6 Å². The Bertz CT molecular complexity index is 718. The zero-order valence-electron chi connectivity index (χ0n) is 13.7. The topological polar surface area (TPSA) is 67.1 Å². The predicted molar refractivity (Wildman–Crippen MR) is 92.6 cm³/mol. The molecule has 0 saturated carbocycles. The molecule has 126 valence electrons. The van der Waals surface area contributed by atoms with E-state index in [1.807, 2.05) is 36.4 Å². The van der Waals surface area contributed by atoms with Gasteiger partial charge in [0.2, 0.25) is 5.91 Å². The van der Waals surface area contributed by atoms with Crippen molar-refractivity contribution in [3.05, 3.63) is 47.7 Å². The minimum Gasteiger partial charge on any atom is -0.497 e. The lowest BCUT2D eigenvalue weighted by molar-refractivity contribution is -0.120. The maximum absolute atomic E-state index is 11.9. The first-order chi connectivity index (χ1) is 11.7. The number of anilines is 1. The number of amides is 1. The largest absolute Gasteiger partial charge is 0.497 e. The molecule has 0 bridgehead atoms. The number of furan rings is 1. The van der Waals surface area contributed by atoms with Crippen molar-refractivity contribution < 1.29 is 13.9 Å². The van der Waals surface area contributed by atoms with Crippen LogP contribution in [0.25, 0.3) is 0 Å². The molecule has 3 rings (SSSR count). The summed E-state index contributed by atoms with van der Waals surface area (Å²) in [7, 11) is 1.60. The average molecular weight is 327 g/mol. The van der Waals surface area contributed by atoms with Gasteiger partial charge in [-0.15, -0.1) is 0 Å². The number of ether oxygens (including phenoxy) is 1. The lowest BCUT2D eigenvalue weighted by atomic mass is 10.1. The van der Waals surface area contributed by atoms with Crippen LogP contribution in [0.4, 0.5) is 5.88 Å². The maximum Gasteiger partial charge on any atom is 0.244 e. The smallest absolute Gasteiger partial charge is 0.244 e. The molecule has 1 aliphatic rings. The number of hydrogen-bond acceptors (Lipinski definition) is 5. The summed E-state index contributed by atoms with van der Waals surface area (Å²) in [4.78, 5) is 14.1. The number of methoxy groups -OCH3 is 1. The molecule has 1 aromatic heterocycles. The van der Waals surface area contributed by atoms with Gasteiger partial charge in [0, 0.05) is 19.2 Å². The van der Waals surface area contributed by atoms with Crippen molar-refractivity contribution in [2.75, 3.05) is 25.1 Å². The number of benzene rings is 1. The molecule has 1 aromatic carbocycles. The number of rotatable bonds is 6. The van der Waals surface area contributed by atoms with Gasteiger partial charge in [-0.3, -0.25) is 4.79 Å². The normalized spacial score (nSPS) is 14.3. The van der Waals surface area contributed by atoms with E-state index in [0.717, 1.165) is 30.3 Å². The zero-order chi connectivity index (χ0) is 16.8. The van der Waals surface area contributed by atoms with Gasteiger partial charge in [0.1, 0.15) is 11.5 Å². The Morgan fingerprint density at radius 2 is 2.17 bits per heavy atom. The minimum atomic E-state index is -0.189. The molecule has 0 aliphatic carbocycles. The quantitative estimate of drug-likeness (QED) is 0.654. The summed E-state index contributed by atoms with van der Waals surface area (Å²) in [6, 6.07) is 11.2. The van der Waals surface area contributed by atoms with E-state index in [4.69, 9.17) is 9.15 Å². The van der Waals surface area contributed by atoms with Crippen LogP contribution in [0.2, 0.25) is 0 Å². The second-order valence-corrected chi connectivity index (χ2v) is 5.69. The van der Waals surface area contributed by atoms with Crippen molar-refractivity contribution in [2.45, 2.75) is 19.3 Å². The highest BCUT2D eigenvalue weighted by molar-refractivity contribution is 5.82. The first-order valence-electron chi connectivity index (χ1n) is 8.04. The lowest BCUT2D eigenvalue weighted by Crippen LogP contribution is -2.19. The highest BCUT2D eigenvalue weighted by atomic mass is 16.5. The predicted octanol–water partition coefficient (Wildman–Crippen LogP) is 2.58. The highest BCUT2D eigenvalue weighted by Gasteiger charge is 2.15. The molecule has 2 heterocycles. The van der Waals surface area contributed by atoms with Crippen LogP contribution in [0.1, 0.15) is 24.2 Å². The van der Waals surface area contributed by atoms with Crippen molar-refractivity contribution in [1.29, 1.82) is 0 Å². The third kappa shape index (κ3) is 4.16. The van der Waals surface area contributed by atoms with Crippen molar-refractivity contribution in [3.63, 3.8) is 0 Å². The molecular formula is C18H21N3O3. The molecule has 1 N–H and O–H groups in total. The number of carbonyl (C=O) groups is 1. The summed E-state index contributed by atoms with van der Waals surface area (Å²) >= 11 is 0. The maximum atomic E-state index is 11.9. The summed E-state index contributed by atoms with van der Waals surface area (Å²) in [6.45, 7) is 2.06. The summed E-state index contributed by atoms with van der Waals surface area (Å²) in [5.41, 5.74) is 3.38. The first kappa shape index (κ1) is 16.1. The van der Waals surface area contributed by atoms with Crippen LogP contribution >= 0.6 is 0 Å². The molecule has 0 radical (unpaired) electrons. The van der Waals surface area contributed by atoms with E-state index in [2.05, 4.69) is 15.4 Å². The fraction of sp³-hybridized carbons (Fsp3) is 0.333. The lowest BCUT2D eigenvalue weighted by Gasteiger charge is -2.12. The van der Waals surface area contributed by atoms with E-state index in [9.17, 15) is 4.79 Å². The second-order valence-electron chi connectivity index (χ2n) is 5.69. The van der Waals surface area contributed by atoms with Crippen molar-refractivity contribution >= 4 is 18.0 Å². The third-order valence-corrected chi connectivity index (χ3v) is 3.91. The van der Waals surface area contributed by atoms with Gasteiger partial charge in [0.05, 0.1) is 19.7 Å². The second kappa shape index (κ2) is 7.68. The standard InChI is InChI=1S/C18H21N3O3/c1-23-15-6-4-5-14(11-15)12-17(22)20-19-13-16-7-8-18(24-16)21-9-2-3-10-21/h4-8,11,13H,2-3,9-10,12H2,1H3,(H,20,22)/b19-13+. The molecule has 6 nitrogen and oxygen atoms in total. The zero-order valence-corrected chi connectivity index (χ0v) is 13.7. The number of nitrogens with zero attached hydrogens (tertiary/aromatic N) is 2. The van der Waals surface area contributed by atoms with E-state index in [0.29, 0.717) is 5.76 Å². The Hall–Kier alpha value is -2.76. The SMILES string of the molecule is COc1cccc(CC(=O)N/N=C/c2ccc(N3CCCC3)o2)c1. The summed E-state index contributed by atoms with van der Waals surface area (Å²) < 4.78 is 10.8. The number of hydrogen-bond donors (Lipinski definition) is 1. The van der Waals surface area contributed by atoms with Crippen LogP contribution in [-0.2, 0) is 11.2 Å². The van der Waals surface area contributed by atoms with Crippen LogP contribution in [-0.4, -0.2) is 32.3 Å². The Morgan fingerprint density at radius 1 is 1.33 bits per heavy atom. The molecule has 0 atom stereocenters. The molecule has 1 amide bonds. The van der Waals surface area contributed by atoms with Crippen molar-refractivity contribution in [1.82, 2.24) is 5.43 Å². The molecular weight excluding hydrogens is 306 g/mol. The molecule has 1 saturated heterocycles. The Kier molecular flexibility index (Phi) is 5.15. The van der Waals surface area contributed by atoms with E-state index in [1.54, 1.807) is 7.11 Å². The van der Waals surface area contributed by atoms with Gasteiger partial charge in [0.15, 0.2) is 5.88 Å². The first-order valence-corrected chi connectivity index (χ1v) is 8.04. The Labute approximate surface area is 141 Å².